The SMILES string of the molecule is CC(C)OCCCOc1nn(C2CCC(N3CCOCC3)CC2)cc1Nc1ncc(-c2ccc(C#N)c(O[C@@H](C)Cn3cncn3)c2)cn1. The monoisotopic (exact) mass is 670 g/mol. The molecule has 49 heavy (non-hydrogen) atoms. The number of hydrogen-bond acceptors (Lipinski definition) is 12. The van der Waals surface area contributed by atoms with E-state index in [2.05, 4.69) is 36.3 Å². The summed E-state index contributed by atoms with van der Waals surface area (Å²) in [6.07, 6.45) is 13.8. The molecule has 14 heteroatoms. The lowest BCUT2D eigenvalue weighted by Crippen LogP contribution is -2.45. The number of rotatable bonds is 15. The highest BCUT2D eigenvalue weighted by atomic mass is 16.5. The Bertz CT molecular complexity index is 1640. The average Bonchev–Trinajstić information content (AvgIpc) is 3.78. The molecule has 14 nitrogen and oxygen atoms in total. The van der Waals surface area contributed by atoms with Crippen molar-refractivity contribution in [3.8, 4) is 28.8 Å². The molecule has 1 saturated carbocycles. The molecule has 0 amide bonds. The Morgan fingerprint density at radius 2 is 1.80 bits per heavy atom. The molecule has 2 fully saturated rings. The number of anilines is 2. The van der Waals surface area contributed by atoms with Gasteiger partial charge in [0.15, 0.2) is 0 Å². The zero-order valence-electron chi connectivity index (χ0n) is 28.6. The van der Waals surface area contributed by atoms with Crippen molar-refractivity contribution in [2.75, 3.05) is 44.8 Å². The molecule has 1 aromatic carbocycles. The summed E-state index contributed by atoms with van der Waals surface area (Å²) in [6.45, 7) is 11.3. The summed E-state index contributed by atoms with van der Waals surface area (Å²) >= 11 is 0. The second-order valence-corrected chi connectivity index (χ2v) is 12.8. The Labute approximate surface area is 287 Å². The fourth-order valence-electron chi connectivity index (χ4n) is 6.33. The van der Waals surface area contributed by atoms with Gasteiger partial charge >= 0.3 is 0 Å². The molecule has 1 saturated heterocycles. The van der Waals surface area contributed by atoms with Crippen LogP contribution in [0.15, 0.2) is 49.4 Å². The first-order valence-corrected chi connectivity index (χ1v) is 17.2. The highest BCUT2D eigenvalue weighted by Crippen LogP contribution is 2.35. The van der Waals surface area contributed by atoms with Crippen molar-refractivity contribution in [3.63, 3.8) is 0 Å². The molecule has 4 heterocycles. The molecule has 4 aromatic rings. The maximum Gasteiger partial charge on any atom is 0.256 e. The summed E-state index contributed by atoms with van der Waals surface area (Å²) in [6, 6.07) is 8.58. The molecule has 0 radical (unpaired) electrons. The zero-order valence-corrected chi connectivity index (χ0v) is 28.6. The van der Waals surface area contributed by atoms with Crippen molar-refractivity contribution in [1.82, 2.24) is 39.4 Å². The molecule has 1 aliphatic heterocycles. The molecule has 6 rings (SSSR count). The van der Waals surface area contributed by atoms with E-state index < -0.39 is 0 Å². The van der Waals surface area contributed by atoms with Gasteiger partial charge in [-0.05, 0) is 64.2 Å². The van der Waals surface area contributed by atoms with Crippen LogP contribution in [0.5, 0.6) is 11.6 Å². The molecule has 2 aliphatic rings. The van der Waals surface area contributed by atoms with Crippen LogP contribution in [0.1, 0.15) is 64.5 Å². The van der Waals surface area contributed by atoms with Crippen LogP contribution in [0.2, 0.25) is 0 Å². The van der Waals surface area contributed by atoms with Crippen LogP contribution in [0, 0.1) is 11.3 Å². The fraction of sp³-hybridized carbons (Fsp3) is 0.543. The molecule has 1 atom stereocenters. The van der Waals surface area contributed by atoms with Gasteiger partial charge in [0.1, 0.15) is 36.3 Å². The Morgan fingerprint density at radius 1 is 1.02 bits per heavy atom. The van der Waals surface area contributed by atoms with Crippen LogP contribution in [0.4, 0.5) is 11.6 Å². The summed E-state index contributed by atoms with van der Waals surface area (Å²) in [7, 11) is 0. The van der Waals surface area contributed by atoms with E-state index in [1.807, 2.05) is 43.8 Å². The number of nitrogens with one attached hydrogen (secondary N) is 1. The van der Waals surface area contributed by atoms with Crippen molar-refractivity contribution < 1.29 is 18.9 Å². The largest absolute Gasteiger partial charge is 0.487 e. The second kappa shape index (κ2) is 16.7. The third kappa shape index (κ3) is 9.32. The topological polar surface area (TPSA) is 150 Å². The lowest BCUT2D eigenvalue weighted by atomic mass is 9.90. The number of benzene rings is 1. The van der Waals surface area contributed by atoms with Crippen LogP contribution in [-0.2, 0) is 16.0 Å². The van der Waals surface area contributed by atoms with E-state index in [0.717, 1.165) is 75.2 Å². The van der Waals surface area contributed by atoms with Gasteiger partial charge < -0.3 is 24.3 Å². The van der Waals surface area contributed by atoms with Crippen molar-refractivity contribution in [1.29, 1.82) is 5.26 Å². The van der Waals surface area contributed by atoms with Crippen LogP contribution in [0.25, 0.3) is 11.1 Å². The van der Waals surface area contributed by atoms with Gasteiger partial charge in [-0.3, -0.25) is 9.58 Å². The Balaban J connectivity index is 1.13. The lowest BCUT2D eigenvalue weighted by molar-refractivity contribution is 0.00502. The molecule has 3 aromatic heterocycles. The summed E-state index contributed by atoms with van der Waals surface area (Å²) in [5.74, 6) is 1.45. The van der Waals surface area contributed by atoms with Gasteiger partial charge in [0.2, 0.25) is 5.95 Å². The van der Waals surface area contributed by atoms with E-state index in [4.69, 9.17) is 24.0 Å². The minimum Gasteiger partial charge on any atom is -0.487 e. The third-order valence-corrected chi connectivity index (χ3v) is 8.85. The highest BCUT2D eigenvalue weighted by molar-refractivity contribution is 5.67. The zero-order chi connectivity index (χ0) is 34.0. The molecule has 0 spiro atoms. The van der Waals surface area contributed by atoms with Crippen LogP contribution in [-0.4, -0.2) is 97.2 Å². The number of morpholine rings is 1. The van der Waals surface area contributed by atoms with Crippen molar-refractivity contribution in [2.45, 2.75) is 83.7 Å². The molecule has 1 N–H and O–H groups in total. The van der Waals surface area contributed by atoms with Gasteiger partial charge in [-0.2, -0.15) is 10.4 Å². The molecule has 260 valence electrons. The smallest absolute Gasteiger partial charge is 0.256 e. The molecule has 0 unspecified atom stereocenters. The van der Waals surface area contributed by atoms with Crippen LogP contribution >= 0.6 is 0 Å². The second-order valence-electron chi connectivity index (χ2n) is 12.8. The summed E-state index contributed by atoms with van der Waals surface area (Å²) in [5.41, 5.74) is 2.80. The van der Waals surface area contributed by atoms with Gasteiger partial charge in [0.25, 0.3) is 5.88 Å². The minimum absolute atomic E-state index is 0.182. The first-order chi connectivity index (χ1) is 23.9. The number of hydrogen-bond donors (Lipinski definition) is 1. The van der Waals surface area contributed by atoms with Crippen molar-refractivity contribution >= 4 is 11.6 Å². The Hall–Kier alpha value is -4.58. The number of aromatic nitrogens is 7. The van der Waals surface area contributed by atoms with E-state index >= 15 is 0 Å². The maximum absolute atomic E-state index is 9.68. The van der Waals surface area contributed by atoms with Crippen LogP contribution in [0.3, 0.4) is 0 Å². The van der Waals surface area contributed by atoms with E-state index in [1.165, 1.54) is 6.33 Å². The van der Waals surface area contributed by atoms with Crippen molar-refractivity contribution in [3.05, 3.63) is 55.0 Å². The van der Waals surface area contributed by atoms with Crippen molar-refractivity contribution in [2.24, 2.45) is 0 Å². The van der Waals surface area contributed by atoms with Gasteiger partial charge in [-0.15, -0.1) is 5.10 Å². The first kappa shape index (κ1) is 34.3. The quantitative estimate of drug-likeness (QED) is 0.169. The molecule has 1 aliphatic carbocycles. The van der Waals surface area contributed by atoms with Gasteiger partial charge in [0.05, 0.1) is 56.9 Å². The average molecular weight is 671 g/mol. The number of nitrogens with zero attached hydrogens (tertiary/aromatic N) is 9. The van der Waals surface area contributed by atoms with Gasteiger partial charge in [0, 0.05) is 43.5 Å². The third-order valence-electron chi connectivity index (χ3n) is 8.85. The molecular weight excluding hydrogens is 624 g/mol. The van der Waals surface area contributed by atoms with E-state index in [0.29, 0.717) is 55.0 Å². The Kier molecular flexibility index (Phi) is 11.7. The molecule has 0 bridgehead atoms. The predicted octanol–water partition coefficient (Wildman–Crippen LogP) is 5.02. The van der Waals surface area contributed by atoms with Gasteiger partial charge in [-0.1, -0.05) is 6.07 Å². The van der Waals surface area contributed by atoms with E-state index in [-0.39, 0.29) is 12.2 Å². The first-order valence-electron chi connectivity index (χ1n) is 17.2. The predicted molar refractivity (Wildman–Crippen MR) is 183 cm³/mol. The number of ether oxygens (including phenoxy) is 4. The van der Waals surface area contributed by atoms with E-state index in [9.17, 15) is 5.26 Å². The van der Waals surface area contributed by atoms with Crippen LogP contribution < -0.4 is 14.8 Å². The summed E-state index contributed by atoms with van der Waals surface area (Å²) in [4.78, 5) is 15.8. The number of nitriles is 1. The van der Waals surface area contributed by atoms with E-state index in [1.54, 1.807) is 29.5 Å². The summed E-state index contributed by atoms with van der Waals surface area (Å²) in [5, 5.41) is 22.1. The highest BCUT2D eigenvalue weighted by Gasteiger charge is 2.29. The minimum atomic E-state index is -0.230. The molecular formula is C35H46N10O4. The lowest BCUT2D eigenvalue weighted by Gasteiger charge is -2.38. The maximum atomic E-state index is 9.68. The normalized spacial score (nSPS) is 19.0. The Morgan fingerprint density at radius 3 is 2.51 bits per heavy atom. The standard InChI is InChI=1S/C35H46N10O4/c1-25(2)47-13-4-14-48-34-32(22-45(42-34)31-9-7-30(8-10-31)43-11-15-46-16-12-43)41-35-38-19-29(20-39-35)27-5-6-28(18-36)33(17-27)49-26(3)21-44-24-37-23-40-44/h5-6,17,19-20,22-26,30-31H,4,7-16,21H2,1-3H3,(H,38,39,41)/t26-,30?,31?/m0/s1. The van der Waals surface area contributed by atoms with Gasteiger partial charge in [-0.25, -0.2) is 19.6 Å². The fourth-order valence-corrected chi connectivity index (χ4v) is 6.33. The summed E-state index contributed by atoms with van der Waals surface area (Å²) < 4.78 is 27.3.